The van der Waals surface area contributed by atoms with Crippen LogP contribution >= 0.6 is 11.6 Å². The fourth-order valence-corrected chi connectivity index (χ4v) is 4.94. The number of rotatable bonds is 2. The van der Waals surface area contributed by atoms with E-state index in [2.05, 4.69) is 49.8 Å². The maximum atomic E-state index is 6.59. The van der Waals surface area contributed by atoms with Crippen molar-refractivity contribution in [2.45, 2.75) is 43.4 Å². The van der Waals surface area contributed by atoms with Gasteiger partial charge in [-0.2, -0.15) is 0 Å². The third-order valence-corrected chi connectivity index (χ3v) is 6.28. The number of aromatic nitrogens is 2. The quantitative estimate of drug-likeness (QED) is 0.849. The number of fused-ring (bicyclic) bond motifs is 4. The molecule has 5 heterocycles. The van der Waals surface area contributed by atoms with Crippen LogP contribution in [-0.4, -0.2) is 44.6 Å². The minimum absolute atomic E-state index is 0.0688. The molecule has 25 heavy (non-hydrogen) atoms. The van der Waals surface area contributed by atoms with E-state index in [9.17, 15) is 0 Å². The Hall–Kier alpha value is -2.05. The van der Waals surface area contributed by atoms with Crippen LogP contribution in [0.2, 0.25) is 0 Å². The Bertz CT molecular complexity index is 772. The average molecular weight is 357 g/mol. The van der Waals surface area contributed by atoms with Gasteiger partial charge < -0.3 is 20.4 Å². The number of allylic oxidation sites excluding steroid dienone is 2. The molecule has 4 aliphatic heterocycles. The minimum atomic E-state index is -0.0688. The molecule has 5 rings (SSSR count). The Morgan fingerprint density at radius 1 is 1.32 bits per heavy atom. The van der Waals surface area contributed by atoms with E-state index in [-0.39, 0.29) is 5.66 Å². The molecule has 2 N–H and O–H groups in total. The molecular formula is C18H21ClN6. The van der Waals surface area contributed by atoms with Gasteiger partial charge in [0.2, 0.25) is 0 Å². The summed E-state index contributed by atoms with van der Waals surface area (Å²) in [6.07, 6.45) is 14.2. The van der Waals surface area contributed by atoms with E-state index in [0.717, 1.165) is 35.1 Å². The van der Waals surface area contributed by atoms with Crippen LogP contribution in [0.4, 0.5) is 5.82 Å². The Balaban J connectivity index is 1.46. The first-order valence-electron chi connectivity index (χ1n) is 8.76. The second-order valence-corrected chi connectivity index (χ2v) is 7.74. The maximum Gasteiger partial charge on any atom is 0.133 e. The lowest BCUT2D eigenvalue weighted by atomic mass is 9.89. The van der Waals surface area contributed by atoms with E-state index in [1.54, 1.807) is 6.20 Å². The van der Waals surface area contributed by atoms with Crippen molar-refractivity contribution in [2.24, 2.45) is 0 Å². The van der Waals surface area contributed by atoms with Gasteiger partial charge in [-0.1, -0.05) is 11.6 Å². The number of halogens is 1. The highest BCUT2D eigenvalue weighted by atomic mass is 35.5. The van der Waals surface area contributed by atoms with E-state index in [1.165, 1.54) is 19.2 Å². The van der Waals surface area contributed by atoms with Crippen molar-refractivity contribution in [2.75, 3.05) is 12.4 Å². The van der Waals surface area contributed by atoms with Gasteiger partial charge in [0, 0.05) is 43.5 Å². The maximum absolute atomic E-state index is 6.59. The first-order valence-corrected chi connectivity index (χ1v) is 9.14. The fraction of sp³-hybridized carbons (Fsp3) is 0.444. The Morgan fingerprint density at radius 2 is 2.12 bits per heavy atom. The molecule has 1 aromatic rings. The van der Waals surface area contributed by atoms with Gasteiger partial charge in [0.15, 0.2) is 0 Å². The van der Waals surface area contributed by atoms with Gasteiger partial charge in [-0.05, 0) is 32.0 Å². The molecule has 2 bridgehead atoms. The molecule has 2 unspecified atom stereocenters. The summed E-state index contributed by atoms with van der Waals surface area (Å²) in [6.45, 7) is 0. The topological polar surface area (TPSA) is 56.3 Å². The lowest BCUT2D eigenvalue weighted by molar-refractivity contribution is 0.0376. The van der Waals surface area contributed by atoms with Crippen molar-refractivity contribution < 1.29 is 0 Å². The highest BCUT2D eigenvalue weighted by molar-refractivity contribution is 6.32. The predicted molar refractivity (Wildman–Crippen MR) is 97.3 cm³/mol. The standard InChI is InChI=1S/C18H21ClN6/c1-24-13-2-3-14(24)8-18(7-13)22-9-16-15(19)6-12(10-25(16)18)23-17-4-5-20-11-21-17/h4-6,9-11,13-14,22H,2-3,7-8H2,1H3,(H,20,21,23). The van der Waals surface area contributed by atoms with E-state index < -0.39 is 0 Å². The Kier molecular flexibility index (Phi) is 3.33. The second-order valence-electron chi connectivity index (χ2n) is 7.33. The first kappa shape index (κ1) is 15.2. The van der Waals surface area contributed by atoms with E-state index in [1.807, 2.05) is 12.1 Å². The third kappa shape index (κ3) is 2.35. The minimum Gasteiger partial charge on any atom is -0.367 e. The van der Waals surface area contributed by atoms with Gasteiger partial charge in [-0.3, -0.25) is 0 Å². The molecule has 2 fully saturated rings. The van der Waals surface area contributed by atoms with Gasteiger partial charge in [-0.25, -0.2) is 9.97 Å². The number of nitrogens with one attached hydrogen (secondary N) is 2. The molecule has 6 nitrogen and oxygen atoms in total. The van der Waals surface area contributed by atoms with Crippen molar-refractivity contribution in [1.29, 1.82) is 0 Å². The molecule has 130 valence electrons. The molecule has 0 amide bonds. The number of nitrogens with zero attached hydrogens (tertiary/aromatic N) is 4. The molecule has 1 aromatic heterocycles. The van der Waals surface area contributed by atoms with Crippen LogP contribution in [0, 0.1) is 0 Å². The molecule has 7 heteroatoms. The number of anilines is 1. The summed E-state index contributed by atoms with van der Waals surface area (Å²) in [5.41, 5.74) is 1.93. The third-order valence-electron chi connectivity index (χ3n) is 5.98. The van der Waals surface area contributed by atoms with Crippen LogP contribution in [0.15, 0.2) is 53.5 Å². The van der Waals surface area contributed by atoms with Crippen molar-refractivity contribution in [1.82, 2.24) is 25.1 Å². The van der Waals surface area contributed by atoms with Gasteiger partial charge >= 0.3 is 0 Å². The average Bonchev–Trinajstić information content (AvgIpc) is 3.03. The molecule has 0 saturated carbocycles. The smallest absolute Gasteiger partial charge is 0.133 e. The van der Waals surface area contributed by atoms with Gasteiger partial charge in [0.25, 0.3) is 0 Å². The van der Waals surface area contributed by atoms with Crippen LogP contribution in [-0.2, 0) is 0 Å². The SMILES string of the molecule is CN1C2CCC1CC1(C2)NC=C2C(Cl)=CC(Nc3ccncn3)=CN21. The number of hydrogen-bond acceptors (Lipinski definition) is 6. The van der Waals surface area contributed by atoms with E-state index in [0.29, 0.717) is 12.1 Å². The van der Waals surface area contributed by atoms with Crippen molar-refractivity contribution in [3.63, 3.8) is 0 Å². The van der Waals surface area contributed by atoms with Crippen LogP contribution in [0.1, 0.15) is 25.7 Å². The Labute approximate surface area is 152 Å². The highest BCUT2D eigenvalue weighted by Gasteiger charge is 2.52. The van der Waals surface area contributed by atoms with Crippen LogP contribution in [0.5, 0.6) is 0 Å². The van der Waals surface area contributed by atoms with Crippen molar-refractivity contribution in [3.8, 4) is 0 Å². The van der Waals surface area contributed by atoms with Crippen LogP contribution < -0.4 is 10.6 Å². The zero-order valence-corrected chi connectivity index (χ0v) is 14.9. The van der Waals surface area contributed by atoms with Gasteiger partial charge in [0.1, 0.15) is 17.8 Å². The lowest BCUT2D eigenvalue weighted by Gasteiger charge is -2.49. The summed E-state index contributed by atoms with van der Waals surface area (Å²) in [4.78, 5) is 13.1. The first-order chi connectivity index (χ1) is 12.1. The summed E-state index contributed by atoms with van der Waals surface area (Å²) in [7, 11) is 2.26. The molecule has 0 radical (unpaired) electrons. The van der Waals surface area contributed by atoms with Crippen LogP contribution in [0.25, 0.3) is 0 Å². The zero-order chi connectivity index (χ0) is 17.0. The zero-order valence-electron chi connectivity index (χ0n) is 14.1. The number of hydrogen-bond donors (Lipinski definition) is 2. The van der Waals surface area contributed by atoms with Crippen molar-refractivity contribution >= 4 is 17.4 Å². The number of piperidine rings is 1. The largest absolute Gasteiger partial charge is 0.367 e. The molecule has 0 aliphatic carbocycles. The fourth-order valence-electron chi connectivity index (χ4n) is 4.68. The molecule has 4 aliphatic rings. The monoisotopic (exact) mass is 356 g/mol. The van der Waals surface area contributed by atoms with E-state index >= 15 is 0 Å². The second kappa shape index (κ2) is 5.47. The van der Waals surface area contributed by atoms with E-state index in [4.69, 9.17) is 11.6 Å². The van der Waals surface area contributed by atoms with Gasteiger partial charge in [-0.15, -0.1) is 0 Å². The summed E-state index contributed by atoms with van der Waals surface area (Å²) in [6, 6.07) is 3.12. The molecule has 2 saturated heterocycles. The lowest BCUT2D eigenvalue weighted by Crippen LogP contribution is -2.60. The highest BCUT2D eigenvalue weighted by Crippen LogP contribution is 2.47. The summed E-state index contributed by atoms with van der Waals surface area (Å²) in [5, 5.41) is 7.74. The van der Waals surface area contributed by atoms with Crippen molar-refractivity contribution in [3.05, 3.63) is 53.5 Å². The molecule has 2 atom stereocenters. The summed E-state index contributed by atoms with van der Waals surface area (Å²) < 4.78 is 0. The summed E-state index contributed by atoms with van der Waals surface area (Å²) in [5.74, 6) is 0.763. The normalized spacial score (nSPS) is 33.5. The molecule has 1 spiro atoms. The molecular weight excluding hydrogens is 336 g/mol. The Morgan fingerprint density at radius 3 is 2.84 bits per heavy atom. The van der Waals surface area contributed by atoms with Gasteiger partial charge in [0.05, 0.1) is 16.4 Å². The molecule has 0 aromatic carbocycles. The van der Waals surface area contributed by atoms with Crippen LogP contribution in [0.3, 0.4) is 0 Å². The summed E-state index contributed by atoms with van der Waals surface area (Å²) >= 11 is 6.59. The predicted octanol–water partition coefficient (Wildman–Crippen LogP) is 2.57.